The molecule has 22 heavy (non-hydrogen) atoms. The molecule has 2 fully saturated rings. The topological polar surface area (TPSA) is 38.8 Å². The molecule has 0 N–H and O–H groups in total. The average Bonchev–Trinajstić information content (AvgIpc) is 2.91. The molecular weight excluding hydrogens is 278 g/mol. The zero-order chi connectivity index (χ0) is 15.6. The highest BCUT2D eigenvalue weighted by Gasteiger charge is 2.43. The molecule has 4 nitrogen and oxygen atoms in total. The summed E-state index contributed by atoms with van der Waals surface area (Å²) in [6.45, 7) is 7.03. The maximum atomic E-state index is 12.5. The van der Waals surface area contributed by atoms with E-state index in [9.17, 15) is 4.79 Å². The van der Waals surface area contributed by atoms with Gasteiger partial charge in [0.2, 0.25) is 0 Å². The number of carbonyl (C=O) groups is 1. The molecule has 2 aliphatic rings. The summed E-state index contributed by atoms with van der Waals surface area (Å²) in [6.07, 6.45) is 3.01. The van der Waals surface area contributed by atoms with Gasteiger partial charge in [0.05, 0.1) is 18.3 Å². The second-order valence-corrected chi connectivity index (χ2v) is 6.43. The van der Waals surface area contributed by atoms with Crippen LogP contribution in [0.15, 0.2) is 24.3 Å². The van der Waals surface area contributed by atoms with Crippen molar-refractivity contribution in [3.05, 3.63) is 35.4 Å². The highest BCUT2D eigenvalue weighted by molar-refractivity contribution is 5.94. The summed E-state index contributed by atoms with van der Waals surface area (Å²) in [6, 6.07) is 7.81. The van der Waals surface area contributed by atoms with Crippen LogP contribution < -0.4 is 0 Å². The normalized spacial score (nSPS) is 23.9. The van der Waals surface area contributed by atoms with Gasteiger partial charge in [-0.25, -0.2) is 0 Å². The summed E-state index contributed by atoms with van der Waals surface area (Å²) in [5.74, 6) is 0.134. The van der Waals surface area contributed by atoms with Gasteiger partial charge < -0.3 is 14.4 Å². The van der Waals surface area contributed by atoms with E-state index in [0.29, 0.717) is 6.61 Å². The van der Waals surface area contributed by atoms with Gasteiger partial charge in [-0.2, -0.15) is 0 Å². The third kappa shape index (κ3) is 3.18. The number of benzene rings is 1. The molecule has 0 saturated carbocycles. The van der Waals surface area contributed by atoms with Gasteiger partial charge in [-0.15, -0.1) is 0 Å². The van der Waals surface area contributed by atoms with Crippen LogP contribution in [0.2, 0.25) is 0 Å². The summed E-state index contributed by atoms with van der Waals surface area (Å²) in [7, 11) is 0. The Morgan fingerprint density at radius 2 is 2.00 bits per heavy atom. The lowest BCUT2D eigenvalue weighted by Crippen LogP contribution is -2.46. The summed E-state index contributed by atoms with van der Waals surface area (Å²) >= 11 is 0. The predicted molar refractivity (Wildman–Crippen MR) is 85.0 cm³/mol. The molecule has 2 saturated heterocycles. The maximum Gasteiger partial charge on any atom is 0.253 e. The van der Waals surface area contributed by atoms with Crippen LogP contribution in [0.5, 0.6) is 0 Å². The third-order valence-corrected chi connectivity index (χ3v) is 4.84. The Morgan fingerprint density at radius 3 is 2.64 bits per heavy atom. The van der Waals surface area contributed by atoms with E-state index in [2.05, 4.69) is 0 Å². The minimum absolute atomic E-state index is 0.0656. The second-order valence-electron chi connectivity index (χ2n) is 6.43. The van der Waals surface area contributed by atoms with Gasteiger partial charge in [-0.05, 0) is 38.8 Å². The van der Waals surface area contributed by atoms with Crippen molar-refractivity contribution in [3.63, 3.8) is 0 Å². The van der Waals surface area contributed by atoms with Crippen LogP contribution in [-0.4, -0.2) is 48.8 Å². The molecule has 1 spiro atoms. The number of carbonyl (C=O) groups excluding carboxylic acids is 1. The molecule has 1 atom stereocenters. The van der Waals surface area contributed by atoms with E-state index in [-0.39, 0.29) is 17.6 Å². The molecule has 120 valence electrons. The molecule has 0 aliphatic carbocycles. The van der Waals surface area contributed by atoms with Gasteiger partial charge in [0.1, 0.15) is 0 Å². The molecule has 1 aromatic carbocycles. The number of piperidine rings is 1. The van der Waals surface area contributed by atoms with E-state index in [1.165, 1.54) is 5.56 Å². The minimum atomic E-state index is -0.0656. The maximum absolute atomic E-state index is 12.5. The number of hydrogen-bond donors (Lipinski definition) is 0. The summed E-state index contributed by atoms with van der Waals surface area (Å²) in [5.41, 5.74) is 1.89. The summed E-state index contributed by atoms with van der Waals surface area (Å²) in [5, 5.41) is 0. The molecule has 0 radical (unpaired) electrons. The Hall–Kier alpha value is -1.39. The van der Waals surface area contributed by atoms with Gasteiger partial charge >= 0.3 is 0 Å². The highest BCUT2D eigenvalue weighted by Crippen LogP contribution is 2.37. The van der Waals surface area contributed by atoms with E-state index in [1.54, 1.807) is 0 Å². The van der Waals surface area contributed by atoms with Crippen molar-refractivity contribution in [2.75, 3.05) is 26.3 Å². The van der Waals surface area contributed by atoms with Crippen molar-refractivity contribution in [3.8, 4) is 0 Å². The van der Waals surface area contributed by atoms with Gasteiger partial charge in [0.15, 0.2) is 0 Å². The highest BCUT2D eigenvalue weighted by atomic mass is 16.6. The molecular formula is C18H25NO3. The lowest BCUT2D eigenvalue weighted by Gasteiger charge is -2.38. The Balaban J connectivity index is 1.58. The van der Waals surface area contributed by atoms with Crippen molar-refractivity contribution in [2.24, 2.45) is 0 Å². The Bertz CT molecular complexity index is 518. The van der Waals surface area contributed by atoms with E-state index < -0.39 is 0 Å². The minimum Gasteiger partial charge on any atom is -0.376 e. The Morgan fingerprint density at radius 1 is 1.32 bits per heavy atom. The molecule has 1 aromatic rings. The van der Waals surface area contributed by atoms with Crippen molar-refractivity contribution in [2.45, 2.75) is 44.8 Å². The third-order valence-electron chi connectivity index (χ3n) is 4.84. The van der Waals surface area contributed by atoms with Crippen LogP contribution in [-0.2, 0) is 9.47 Å². The van der Waals surface area contributed by atoms with Crippen LogP contribution in [0, 0.1) is 6.92 Å². The zero-order valence-corrected chi connectivity index (χ0v) is 13.5. The van der Waals surface area contributed by atoms with E-state index in [4.69, 9.17) is 9.47 Å². The summed E-state index contributed by atoms with van der Waals surface area (Å²) in [4.78, 5) is 14.5. The van der Waals surface area contributed by atoms with Crippen LogP contribution in [0.3, 0.4) is 0 Å². The molecule has 0 bridgehead atoms. The van der Waals surface area contributed by atoms with Crippen LogP contribution in [0.4, 0.5) is 0 Å². The Kier molecular flexibility index (Phi) is 4.50. The fraction of sp³-hybridized carbons (Fsp3) is 0.611. The number of hydrogen-bond acceptors (Lipinski definition) is 3. The lowest BCUT2D eigenvalue weighted by molar-refractivity contribution is -0.0407. The lowest BCUT2D eigenvalue weighted by atomic mass is 9.87. The van der Waals surface area contributed by atoms with Crippen LogP contribution >= 0.6 is 0 Å². The van der Waals surface area contributed by atoms with Crippen LogP contribution in [0.1, 0.15) is 42.1 Å². The fourth-order valence-corrected chi connectivity index (χ4v) is 3.49. The first-order valence-corrected chi connectivity index (χ1v) is 8.23. The van der Waals surface area contributed by atoms with Crippen molar-refractivity contribution >= 4 is 5.91 Å². The standard InChI is InChI=1S/C18H25NO3/c1-3-21-16-12-18(22-13-16)8-10-19(11-9-18)17(20)15-6-4-14(2)5-7-15/h4-7,16H,3,8-13H2,1-2H3/t16-/m1/s1. The van der Waals surface area contributed by atoms with Crippen molar-refractivity contribution in [1.29, 1.82) is 0 Å². The molecule has 3 rings (SSSR count). The zero-order valence-electron chi connectivity index (χ0n) is 13.5. The van der Waals surface area contributed by atoms with E-state index >= 15 is 0 Å². The molecule has 0 aromatic heterocycles. The molecule has 2 aliphatic heterocycles. The fourth-order valence-electron chi connectivity index (χ4n) is 3.49. The Labute approximate surface area is 132 Å². The summed E-state index contributed by atoms with van der Waals surface area (Å²) < 4.78 is 11.7. The molecule has 4 heteroatoms. The van der Waals surface area contributed by atoms with Gasteiger partial charge in [0.25, 0.3) is 5.91 Å². The average molecular weight is 303 g/mol. The number of amides is 1. The SMILES string of the molecule is CCO[C@H]1COC2(CCN(C(=O)c3ccc(C)cc3)CC2)C1. The monoisotopic (exact) mass is 303 g/mol. The smallest absolute Gasteiger partial charge is 0.253 e. The number of nitrogens with zero attached hydrogens (tertiary/aromatic N) is 1. The van der Waals surface area contributed by atoms with E-state index in [1.807, 2.05) is 43.0 Å². The van der Waals surface area contributed by atoms with Gasteiger partial charge in [-0.3, -0.25) is 4.79 Å². The molecule has 2 heterocycles. The first-order chi connectivity index (χ1) is 10.6. The van der Waals surface area contributed by atoms with Gasteiger partial charge in [0, 0.05) is 31.7 Å². The predicted octanol–water partition coefficient (Wildman–Crippen LogP) is 2.80. The molecule has 0 unspecified atom stereocenters. The number of rotatable bonds is 3. The van der Waals surface area contributed by atoms with Crippen molar-refractivity contribution < 1.29 is 14.3 Å². The van der Waals surface area contributed by atoms with Crippen molar-refractivity contribution in [1.82, 2.24) is 4.90 Å². The molecule has 1 amide bonds. The van der Waals surface area contributed by atoms with Gasteiger partial charge in [-0.1, -0.05) is 17.7 Å². The number of aryl methyl sites for hydroxylation is 1. The first-order valence-electron chi connectivity index (χ1n) is 8.23. The second kappa shape index (κ2) is 6.39. The van der Waals surface area contributed by atoms with E-state index in [0.717, 1.165) is 44.5 Å². The van der Waals surface area contributed by atoms with Crippen LogP contribution in [0.25, 0.3) is 0 Å². The largest absolute Gasteiger partial charge is 0.376 e. The quantitative estimate of drug-likeness (QED) is 0.862. The number of ether oxygens (including phenoxy) is 2. The number of likely N-dealkylation sites (tertiary alicyclic amines) is 1. The first kappa shape index (κ1) is 15.5.